The Labute approximate surface area is 199 Å². The number of pyridine rings is 1. The first-order chi connectivity index (χ1) is 16.6. The number of hydrogen-bond acceptors (Lipinski definition) is 8. The third-order valence-electron chi connectivity index (χ3n) is 5.27. The van der Waals surface area contributed by atoms with Crippen LogP contribution in [0, 0.1) is 11.7 Å². The van der Waals surface area contributed by atoms with E-state index in [4.69, 9.17) is 25.8 Å². The Morgan fingerprint density at radius 1 is 1.24 bits per heavy atom. The van der Waals surface area contributed by atoms with E-state index in [9.17, 15) is 0 Å². The number of aliphatic imine (C=N–C) groups is 2. The number of amidine groups is 1. The normalized spacial score (nSPS) is 18.9. The molecule has 0 spiro atoms. The smallest absolute Gasteiger partial charge is 0.169 e. The number of aromatic nitrogens is 3. The molecule has 0 saturated heterocycles. The molecular formula is C23H20ClFN6O3. The lowest BCUT2D eigenvalue weighted by atomic mass is 9.92. The second-order valence-corrected chi connectivity index (χ2v) is 7.83. The first kappa shape index (κ1) is 22.1. The van der Waals surface area contributed by atoms with E-state index in [2.05, 4.69) is 25.4 Å². The minimum atomic E-state index is -0.656. The van der Waals surface area contributed by atoms with Gasteiger partial charge in [0.15, 0.2) is 11.5 Å². The molecule has 2 unspecified atom stereocenters. The number of hydrogen-bond donors (Lipinski definition) is 1. The van der Waals surface area contributed by atoms with E-state index < -0.39 is 5.82 Å². The Balaban J connectivity index is 1.34. The number of nitrogens with one attached hydrogen (secondary N) is 1. The third-order valence-corrected chi connectivity index (χ3v) is 5.62. The fourth-order valence-corrected chi connectivity index (χ4v) is 3.78. The summed E-state index contributed by atoms with van der Waals surface area (Å²) in [4.78, 5) is 12.8. The summed E-state index contributed by atoms with van der Waals surface area (Å²) in [6.45, 7) is 0.893. The molecule has 0 saturated carbocycles. The average Bonchev–Trinajstić information content (AvgIpc) is 3.32. The van der Waals surface area contributed by atoms with Crippen molar-refractivity contribution in [1.29, 1.82) is 0 Å². The van der Waals surface area contributed by atoms with Crippen LogP contribution in [-0.2, 0) is 9.47 Å². The molecule has 0 bridgehead atoms. The molecule has 2 aliphatic rings. The van der Waals surface area contributed by atoms with Crippen molar-refractivity contribution in [2.45, 2.75) is 6.04 Å². The molecule has 0 radical (unpaired) electrons. The van der Waals surface area contributed by atoms with Gasteiger partial charge < -0.3 is 19.5 Å². The van der Waals surface area contributed by atoms with Crippen LogP contribution < -0.4 is 10.1 Å². The first-order valence-corrected chi connectivity index (χ1v) is 10.8. The molecule has 11 heteroatoms. The minimum Gasteiger partial charge on any atom is -0.492 e. The topological polar surface area (TPSA) is 94.6 Å². The van der Waals surface area contributed by atoms with Crippen molar-refractivity contribution in [3.8, 4) is 11.5 Å². The predicted molar refractivity (Wildman–Crippen MR) is 126 cm³/mol. The van der Waals surface area contributed by atoms with E-state index in [1.807, 2.05) is 18.2 Å². The van der Waals surface area contributed by atoms with Gasteiger partial charge in [0, 0.05) is 19.4 Å². The molecule has 1 aromatic carbocycles. The second-order valence-electron chi connectivity index (χ2n) is 7.46. The number of anilines is 1. The average molecular weight is 483 g/mol. The maximum absolute atomic E-state index is 15.2. The summed E-state index contributed by atoms with van der Waals surface area (Å²) in [5.41, 5.74) is 0.766. The van der Waals surface area contributed by atoms with Gasteiger partial charge in [-0.15, -0.1) is 0 Å². The molecule has 0 amide bonds. The first-order valence-electron chi connectivity index (χ1n) is 10.5. The molecule has 34 heavy (non-hydrogen) atoms. The molecule has 1 aliphatic heterocycles. The molecule has 1 aliphatic carbocycles. The highest BCUT2D eigenvalue weighted by molar-refractivity contribution is 6.32. The Kier molecular flexibility index (Phi) is 6.24. The number of fused-ring (bicyclic) bond motifs is 2. The van der Waals surface area contributed by atoms with Crippen LogP contribution >= 0.6 is 11.6 Å². The van der Waals surface area contributed by atoms with Crippen LogP contribution in [0.5, 0.6) is 11.5 Å². The lowest BCUT2D eigenvalue weighted by molar-refractivity contribution is 0.113. The molecule has 2 aromatic heterocycles. The van der Waals surface area contributed by atoms with Gasteiger partial charge in [0.2, 0.25) is 0 Å². The maximum atomic E-state index is 15.2. The van der Waals surface area contributed by atoms with Crippen molar-refractivity contribution in [2.75, 3.05) is 25.6 Å². The van der Waals surface area contributed by atoms with E-state index in [0.29, 0.717) is 36.2 Å². The van der Waals surface area contributed by atoms with Crippen molar-refractivity contribution in [3.05, 3.63) is 71.6 Å². The van der Waals surface area contributed by atoms with Crippen LogP contribution in [0.3, 0.4) is 0 Å². The fourth-order valence-electron chi connectivity index (χ4n) is 3.57. The van der Waals surface area contributed by atoms with Gasteiger partial charge in [-0.05, 0) is 30.4 Å². The molecular weight excluding hydrogens is 463 g/mol. The Bertz CT molecular complexity index is 1340. The summed E-state index contributed by atoms with van der Waals surface area (Å²) in [5.74, 6) is 0.939. The quantitative estimate of drug-likeness (QED) is 0.505. The molecule has 3 heterocycles. The summed E-state index contributed by atoms with van der Waals surface area (Å²) in [6.07, 6.45) is 10.3. The monoisotopic (exact) mass is 482 g/mol. The van der Waals surface area contributed by atoms with Gasteiger partial charge in [0.05, 0.1) is 24.3 Å². The summed E-state index contributed by atoms with van der Waals surface area (Å²) in [7, 11) is 1.61. The Morgan fingerprint density at radius 3 is 3.03 bits per heavy atom. The fraction of sp³-hybridized carbons (Fsp3) is 0.217. The molecule has 0 fully saturated rings. The number of methoxy groups -OCH3 is 1. The van der Waals surface area contributed by atoms with Gasteiger partial charge in [-0.25, -0.2) is 18.9 Å². The van der Waals surface area contributed by atoms with Gasteiger partial charge in [0.1, 0.15) is 47.4 Å². The Morgan fingerprint density at radius 2 is 2.15 bits per heavy atom. The number of ether oxygens (including phenoxy) is 3. The molecule has 2 atom stereocenters. The van der Waals surface area contributed by atoms with Gasteiger partial charge in [-0.3, -0.25) is 4.99 Å². The van der Waals surface area contributed by atoms with Crippen LogP contribution in [0.25, 0.3) is 5.65 Å². The summed E-state index contributed by atoms with van der Waals surface area (Å²) in [6, 6.07) is 6.34. The predicted octanol–water partition coefficient (Wildman–Crippen LogP) is 4.27. The SMILES string of the molecule is COCCOC1=CC2C(Nc3ccc(Oc4ccn5ncnc5c4)c(Cl)c3F)=NC=NC2C=C1. The molecule has 174 valence electrons. The van der Waals surface area contributed by atoms with Crippen molar-refractivity contribution < 1.29 is 18.6 Å². The third kappa shape index (κ3) is 4.50. The van der Waals surface area contributed by atoms with Crippen LogP contribution in [0.2, 0.25) is 5.02 Å². The lowest BCUT2D eigenvalue weighted by Crippen LogP contribution is -2.34. The van der Waals surface area contributed by atoms with Crippen LogP contribution in [0.4, 0.5) is 10.1 Å². The molecule has 3 aromatic rings. The number of benzene rings is 1. The second kappa shape index (κ2) is 9.62. The summed E-state index contributed by atoms with van der Waals surface area (Å²) in [5, 5.41) is 6.93. The van der Waals surface area contributed by atoms with Crippen LogP contribution in [-0.4, -0.2) is 53.1 Å². The van der Waals surface area contributed by atoms with Crippen molar-refractivity contribution in [1.82, 2.24) is 14.6 Å². The number of halogens is 2. The van der Waals surface area contributed by atoms with Crippen molar-refractivity contribution in [3.63, 3.8) is 0 Å². The highest BCUT2D eigenvalue weighted by Crippen LogP contribution is 2.36. The van der Waals surface area contributed by atoms with E-state index >= 15 is 4.39 Å². The highest BCUT2D eigenvalue weighted by Gasteiger charge is 2.29. The summed E-state index contributed by atoms with van der Waals surface area (Å²) < 4.78 is 33.3. The Hall–Kier alpha value is -3.76. The zero-order valence-electron chi connectivity index (χ0n) is 18.1. The number of nitrogens with zero attached hydrogens (tertiary/aromatic N) is 5. The molecule has 1 N–H and O–H groups in total. The van der Waals surface area contributed by atoms with Gasteiger partial charge in [-0.1, -0.05) is 17.7 Å². The zero-order valence-corrected chi connectivity index (χ0v) is 18.8. The summed E-state index contributed by atoms with van der Waals surface area (Å²) >= 11 is 6.30. The largest absolute Gasteiger partial charge is 0.492 e. The number of rotatable bonds is 7. The number of allylic oxidation sites excluding steroid dienone is 1. The zero-order chi connectivity index (χ0) is 23.5. The standard InChI is InChI=1S/C23H20ClFN6O3/c1-32-8-9-33-14-2-3-17-16(10-14)23(28-12-26-17)30-18-4-5-19(21(24)22(18)25)34-15-6-7-31-20(11-15)27-13-29-31/h2-7,10-13,16-17H,8-9H2,1H3,(H,26,28,30). The van der Waals surface area contributed by atoms with Gasteiger partial charge in [-0.2, -0.15) is 5.10 Å². The van der Waals surface area contributed by atoms with Gasteiger partial charge >= 0.3 is 0 Å². The van der Waals surface area contributed by atoms with E-state index in [1.54, 1.807) is 42.1 Å². The lowest BCUT2D eigenvalue weighted by Gasteiger charge is -2.27. The van der Waals surface area contributed by atoms with Crippen molar-refractivity contribution >= 4 is 35.1 Å². The van der Waals surface area contributed by atoms with E-state index in [0.717, 1.165) is 0 Å². The minimum absolute atomic E-state index is 0.157. The van der Waals surface area contributed by atoms with Crippen LogP contribution in [0.1, 0.15) is 0 Å². The molecule has 9 nitrogen and oxygen atoms in total. The van der Waals surface area contributed by atoms with E-state index in [1.165, 1.54) is 12.7 Å². The van der Waals surface area contributed by atoms with Crippen LogP contribution in [0.15, 0.2) is 70.8 Å². The van der Waals surface area contributed by atoms with Crippen molar-refractivity contribution in [2.24, 2.45) is 15.9 Å². The van der Waals surface area contributed by atoms with Gasteiger partial charge in [0.25, 0.3) is 0 Å². The van der Waals surface area contributed by atoms with E-state index in [-0.39, 0.29) is 28.4 Å². The highest BCUT2D eigenvalue weighted by atomic mass is 35.5. The molecule has 5 rings (SSSR count). The maximum Gasteiger partial charge on any atom is 0.169 e.